The number of nitrogens with two attached hydrogens (primary N) is 1. The summed E-state index contributed by atoms with van der Waals surface area (Å²) in [7, 11) is 0. The van der Waals surface area contributed by atoms with E-state index in [1.54, 1.807) is 18.5 Å². The van der Waals surface area contributed by atoms with Crippen LogP contribution < -0.4 is 15.8 Å². The molecule has 0 bridgehead atoms. The van der Waals surface area contributed by atoms with Crippen molar-refractivity contribution in [1.82, 2.24) is 25.1 Å². The summed E-state index contributed by atoms with van der Waals surface area (Å²) in [6, 6.07) is 28.6. The molecule has 9 nitrogen and oxygen atoms in total. The van der Waals surface area contributed by atoms with E-state index < -0.39 is 0 Å². The van der Waals surface area contributed by atoms with Crippen LogP contribution in [0, 0.1) is 0 Å². The van der Waals surface area contributed by atoms with Crippen LogP contribution in [0.3, 0.4) is 0 Å². The van der Waals surface area contributed by atoms with Crippen LogP contribution in [0.25, 0.3) is 33.3 Å². The fourth-order valence-electron chi connectivity index (χ4n) is 4.27. The summed E-state index contributed by atoms with van der Waals surface area (Å²) in [6.07, 6.45) is 3.26. The molecular weight excluding hydrogens is 490 g/mol. The van der Waals surface area contributed by atoms with Crippen LogP contribution >= 0.6 is 0 Å². The van der Waals surface area contributed by atoms with Crippen molar-refractivity contribution in [2.75, 3.05) is 11.1 Å². The standard InChI is InChI=1S/C30H23N7O2/c31-30-33-16-14-26(35-30)25-9-4-15-32-29(25)39-22-12-10-21(11-13-22)34-28-24-8-2-1-7-23(24)27(36-37-28)20-6-3-5-19(17-20)18-38/h1-17,38H,18H2,(H,34,37)(H2,31,33,35). The van der Waals surface area contributed by atoms with E-state index in [9.17, 15) is 5.11 Å². The number of anilines is 3. The summed E-state index contributed by atoms with van der Waals surface area (Å²) in [5.41, 5.74) is 10.4. The number of aliphatic hydroxyl groups is 1. The highest BCUT2D eigenvalue weighted by atomic mass is 16.5. The van der Waals surface area contributed by atoms with E-state index >= 15 is 0 Å². The van der Waals surface area contributed by atoms with E-state index in [1.807, 2.05) is 84.9 Å². The number of aliphatic hydroxyl groups excluding tert-OH is 1. The lowest BCUT2D eigenvalue weighted by atomic mass is 10.0. The Hall–Kier alpha value is -5.41. The zero-order valence-corrected chi connectivity index (χ0v) is 20.7. The van der Waals surface area contributed by atoms with Gasteiger partial charge in [-0.05, 0) is 54.1 Å². The molecule has 0 fully saturated rings. The second-order valence-electron chi connectivity index (χ2n) is 8.71. The zero-order chi connectivity index (χ0) is 26.6. The van der Waals surface area contributed by atoms with Crippen molar-refractivity contribution in [2.45, 2.75) is 6.61 Å². The molecule has 0 spiro atoms. The van der Waals surface area contributed by atoms with Crippen molar-refractivity contribution in [1.29, 1.82) is 0 Å². The van der Waals surface area contributed by atoms with E-state index in [1.165, 1.54) is 0 Å². The molecule has 3 aromatic heterocycles. The Balaban J connectivity index is 1.26. The minimum Gasteiger partial charge on any atom is -0.438 e. The number of nitrogens with one attached hydrogen (secondary N) is 1. The van der Waals surface area contributed by atoms with Gasteiger partial charge in [0.15, 0.2) is 5.82 Å². The third kappa shape index (κ3) is 5.07. The molecule has 0 aliphatic heterocycles. The van der Waals surface area contributed by atoms with Crippen LogP contribution in [-0.2, 0) is 6.61 Å². The highest BCUT2D eigenvalue weighted by molar-refractivity contribution is 6.00. The number of aromatic nitrogens is 5. The van der Waals surface area contributed by atoms with Crippen molar-refractivity contribution in [3.05, 3.63) is 109 Å². The minimum atomic E-state index is -0.0323. The van der Waals surface area contributed by atoms with Gasteiger partial charge in [0, 0.05) is 34.4 Å². The van der Waals surface area contributed by atoms with Gasteiger partial charge in [-0.2, -0.15) is 0 Å². The number of hydrogen-bond acceptors (Lipinski definition) is 9. The van der Waals surface area contributed by atoms with Crippen molar-refractivity contribution in [3.63, 3.8) is 0 Å². The maximum absolute atomic E-state index is 9.54. The molecule has 0 atom stereocenters. The number of nitrogens with zero attached hydrogens (tertiary/aromatic N) is 5. The molecule has 0 radical (unpaired) electrons. The van der Waals surface area contributed by atoms with Crippen LogP contribution in [0.1, 0.15) is 5.56 Å². The Morgan fingerprint density at radius 3 is 2.46 bits per heavy atom. The molecule has 0 saturated heterocycles. The molecular formula is C30H23N7O2. The first-order valence-corrected chi connectivity index (χ1v) is 12.2. The van der Waals surface area contributed by atoms with Gasteiger partial charge in [-0.25, -0.2) is 15.0 Å². The molecule has 9 heteroatoms. The second kappa shape index (κ2) is 10.5. The van der Waals surface area contributed by atoms with Crippen LogP contribution in [0.5, 0.6) is 11.6 Å². The number of fused-ring (bicyclic) bond motifs is 1. The number of pyridine rings is 1. The maximum Gasteiger partial charge on any atom is 0.228 e. The molecule has 3 aromatic carbocycles. The van der Waals surface area contributed by atoms with Gasteiger partial charge in [0.2, 0.25) is 11.8 Å². The van der Waals surface area contributed by atoms with E-state index in [4.69, 9.17) is 10.5 Å². The van der Waals surface area contributed by atoms with Crippen LogP contribution in [0.4, 0.5) is 17.5 Å². The lowest BCUT2D eigenvalue weighted by Crippen LogP contribution is -2.00. The van der Waals surface area contributed by atoms with Crippen LogP contribution in [0.2, 0.25) is 0 Å². The molecule has 6 aromatic rings. The van der Waals surface area contributed by atoms with Gasteiger partial charge in [-0.3, -0.25) is 0 Å². The largest absolute Gasteiger partial charge is 0.438 e. The highest BCUT2D eigenvalue weighted by Gasteiger charge is 2.13. The summed E-state index contributed by atoms with van der Waals surface area (Å²) in [4.78, 5) is 12.6. The van der Waals surface area contributed by atoms with E-state index in [0.717, 1.165) is 33.3 Å². The van der Waals surface area contributed by atoms with Gasteiger partial charge in [0.1, 0.15) is 11.4 Å². The molecule has 0 aliphatic carbocycles. The maximum atomic E-state index is 9.54. The quantitative estimate of drug-likeness (QED) is 0.244. The molecule has 0 unspecified atom stereocenters. The van der Waals surface area contributed by atoms with Crippen LogP contribution in [-0.4, -0.2) is 30.3 Å². The number of rotatable bonds is 7. The van der Waals surface area contributed by atoms with Gasteiger partial charge in [-0.15, -0.1) is 10.2 Å². The van der Waals surface area contributed by atoms with Crippen molar-refractivity contribution < 1.29 is 9.84 Å². The smallest absolute Gasteiger partial charge is 0.228 e. The Bertz CT molecular complexity index is 1770. The first kappa shape index (κ1) is 24.0. The summed E-state index contributed by atoms with van der Waals surface area (Å²) in [5.74, 6) is 1.83. The first-order valence-electron chi connectivity index (χ1n) is 12.2. The average Bonchev–Trinajstić information content (AvgIpc) is 2.98. The molecule has 0 saturated carbocycles. The third-order valence-corrected chi connectivity index (χ3v) is 6.12. The van der Waals surface area contributed by atoms with Crippen molar-refractivity contribution in [2.24, 2.45) is 0 Å². The van der Waals surface area contributed by atoms with Gasteiger partial charge >= 0.3 is 0 Å². The van der Waals surface area contributed by atoms with Crippen molar-refractivity contribution >= 4 is 28.2 Å². The minimum absolute atomic E-state index is 0.0323. The number of hydrogen-bond donors (Lipinski definition) is 3. The van der Waals surface area contributed by atoms with E-state index in [-0.39, 0.29) is 12.6 Å². The SMILES string of the molecule is Nc1nccc(-c2cccnc2Oc2ccc(Nc3nnc(-c4cccc(CO)c4)c4ccccc34)cc2)n1. The van der Waals surface area contributed by atoms with Gasteiger partial charge in [0.05, 0.1) is 17.9 Å². The molecule has 190 valence electrons. The summed E-state index contributed by atoms with van der Waals surface area (Å²) >= 11 is 0. The molecule has 3 heterocycles. The molecule has 4 N–H and O–H groups in total. The first-order chi connectivity index (χ1) is 19.2. The number of ether oxygens (including phenoxy) is 1. The normalized spacial score (nSPS) is 10.9. The molecule has 39 heavy (non-hydrogen) atoms. The van der Waals surface area contributed by atoms with Gasteiger partial charge in [-0.1, -0.05) is 42.5 Å². The molecule has 0 aliphatic rings. The van der Waals surface area contributed by atoms with E-state index in [0.29, 0.717) is 28.7 Å². The lowest BCUT2D eigenvalue weighted by molar-refractivity contribution is 0.282. The number of benzene rings is 3. The van der Waals surface area contributed by atoms with Gasteiger partial charge in [0.25, 0.3) is 0 Å². The Kier molecular flexibility index (Phi) is 6.46. The molecule has 6 rings (SSSR count). The summed E-state index contributed by atoms with van der Waals surface area (Å²) in [6.45, 7) is -0.0323. The van der Waals surface area contributed by atoms with Crippen molar-refractivity contribution in [3.8, 4) is 34.1 Å². The Morgan fingerprint density at radius 1 is 0.795 bits per heavy atom. The fourth-order valence-corrected chi connectivity index (χ4v) is 4.27. The average molecular weight is 514 g/mol. The van der Waals surface area contributed by atoms with E-state index in [2.05, 4.69) is 30.5 Å². The fraction of sp³-hybridized carbons (Fsp3) is 0.0333. The third-order valence-electron chi connectivity index (χ3n) is 6.12. The van der Waals surface area contributed by atoms with Gasteiger partial charge < -0.3 is 20.9 Å². The predicted molar refractivity (Wildman–Crippen MR) is 150 cm³/mol. The Morgan fingerprint density at radius 2 is 1.64 bits per heavy atom. The Labute approximate surface area is 224 Å². The summed E-state index contributed by atoms with van der Waals surface area (Å²) < 4.78 is 6.08. The second-order valence-corrected chi connectivity index (χ2v) is 8.71. The lowest BCUT2D eigenvalue weighted by Gasteiger charge is -2.13. The topological polar surface area (TPSA) is 132 Å². The predicted octanol–water partition coefficient (Wildman–Crippen LogP) is 5.76. The highest BCUT2D eigenvalue weighted by Crippen LogP contribution is 2.33. The molecule has 0 amide bonds. The monoisotopic (exact) mass is 513 g/mol. The zero-order valence-electron chi connectivity index (χ0n) is 20.7. The number of nitrogen functional groups attached to an aromatic ring is 1. The van der Waals surface area contributed by atoms with Crippen LogP contribution in [0.15, 0.2) is 103 Å². The summed E-state index contributed by atoms with van der Waals surface area (Å²) in [5, 5.41) is 23.8.